The minimum Gasteiger partial charge on any atom is -0.497 e. The van der Waals surface area contributed by atoms with Gasteiger partial charge < -0.3 is 25.8 Å². The Labute approximate surface area is 142 Å². The van der Waals surface area contributed by atoms with Crippen LogP contribution < -0.4 is 25.8 Å². The van der Waals surface area contributed by atoms with Gasteiger partial charge in [-0.15, -0.1) is 0 Å². The summed E-state index contributed by atoms with van der Waals surface area (Å²) in [6.07, 6.45) is 0.862. The van der Waals surface area contributed by atoms with E-state index in [1.54, 1.807) is 38.5 Å². The Morgan fingerprint density at radius 1 is 1.08 bits per heavy atom. The zero-order valence-electron chi connectivity index (χ0n) is 14.2. The number of benzene rings is 2. The lowest BCUT2D eigenvalue weighted by Gasteiger charge is -2.16. The quantitative estimate of drug-likeness (QED) is 0.679. The molecule has 0 heterocycles. The highest BCUT2D eigenvalue weighted by atomic mass is 16.5. The smallest absolute Gasteiger partial charge is 0.253 e. The fourth-order valence-electron chi connectivity index (χ4n) is 2.25. The monoisotopic (exact) mass is 329 g/mol. The number of hydrogen-bond donors (Lipinski definition) is 3. The molecule has 0 spiro atoms. The van der Waals surface area contributed by atoms with Crippen molar-refractivity contribution in [1.29, 1.82) is 0 Å². The van der Waals surface area contributed by atoms with E-state index in [1.807, 2.05) is 19.1 Å². The molecule has 0 saturated carbocycles. The van der Waals surface area contributed by atoms with Gasteiger partial charge >= 0.3 is 0 Å². The van der Waals surface area contributed by atoms with Gasteiger partial charge in [0, 0.05) is 18.3 Å². The molecule has 0 fully saturated rings. The minimum absolute atomic E-state index is 0.173. The second kappa shape index (κ2) is 8.10. The van der Waals surface area contributed by atoms with Crippen molar-refractivity contribution in [2.24, 2.45) is 0 Å². The van der Waals surface area contributed by atoms with Gasteiger partial charge in [-0.1, -0.05) is 6.92 Å². The van der Waals surface area contributed by atoms with Crippen molar-refractivity contribution in [2.75, 3.05) is 31.8 Å². The molecule has 1 amide bonds. The van der Waals surface area contributed by atoms with Crippen molar-refractivity contribution < 1.29 is 14.3 Å². The third kappa shape index (κ3) is 4.10. The first kappa shape index (κ1) is 17.5. The Kier molecular flexibility index (Phi) is 5.89. The number of amides is 1. The number of nitrogens with two attached hydrogens (primary N) is 1. The fraction of sp³-hybridized carbons (Fsp3) is 0.278. The molecule has 2 aromatic carbocycles. The van der Waals surface area contributed by atoms with Crippen molar-refractivity contribution in [3.05, 3.63) is 42.0 Å². The molecule has 2 aromatic rings. The van der Waals surface area contributed by atoms with Crippen molar-refractivity contribution >= 4 is 23.0 Å². The van der Waals surface area contributed by atoms with Crippen LogP contribution in [0.4, 0.5) is 17.1 Å². The zero-order chi connectivity index (χ0) is 17.5. The van der Waals surface area contributed by atoms with E-state index in [0.29, 0.717) is 40.7 Å². The number of anilines is 3. The first-order chi connectivity index (χ1) is 11.6. The van der Waals surface area contributed by atoms with Crippen molar-refractivity contribution in [1.82, 2.24) is 5.32 Å². The van der Waals surface area contributed by atoms with E-state index in [9.17, 15) is 4.79 Å². The molecule has 0 aliphatic heterocycles. The summed E-state index contributed by atoms with van der Waals surface area (Å²) in [6, 6.07) is 10.6. The average molecular weight is 329 g/mol. The molecule has 6 nitrogen and oxygen atoms in total. The maximum Gasteiger partial charge on any atom is 0.253 e. The van der Waals surface area contributed by atoms with Crippen LogP contribution in [0.5, 0.6) is 11.5 Å². The number of carbonyl (C=O) groups excluding carboxylic acids is 1. The summed E-state index contributed by atoms with van der Waals surface area (Å²) in [5.74, 6) is 1.16. The number of hydrogen-bond acceptors (Lipinski definition) is 5. The summed E-state index contributed by atoms with van der Waals surface area (Å²) in [4.78, 5) is 12.4. The molecule has 2 rings (SSSR count). The van der Waals surface area contributed by atoms with Crippen LogP contribution in [0.15, 0.2) is 36.4 Å². The molecule has 0 unspecified atom stereocenters. The van der Waals surface area contributed by atoms with Gasteiger partial charge in [0.25, 0.3) is 5.91 Å². The van der Waals surface area contributed by atoms with Crippen LogP contribution in [0.1, 0.15) is 23.7 Å². The van der Waals surface area contributed by atoms with Gasteiger partial charge in [0.15, 0.2) is 0 Å². The third-order valence-electron chi connectivity index (χ3n) is 3.50. The maximum atomic E-state index is 12.4. The van der Waals surface area contributed by atoms with Gasteiger partial charge in [-0.25, -0.2) is 0 Å². The first-order valence-electron chi connectivity index (χ1n) is 7.75. The number of rotatable bonds is 7. The van der Waals surface area contributed by atoms with Crippen molar-refractivity contribution in [3.8, 4) is 11.5 Å². The molecule has 0 aliphatic carbocycles. The fourth-order valence-corrected chi connectivity index (χ4v) is 2.25. The number of ether oxygens (including phenoxy) is 2. The highest BCUT2D eigenvalue weighted by Crippen LogP contribution is 2.33. The lowest BCUT2D eigenvalue weighted by atomic mass is 10.1. The molecule has 0 aliphatic rings. The summed E-state index contributed by atoms with van der Waals surface area (Å²) < 4.78 is 10.6. The molecule has 0 saturated heterocycles. The molecule has 4 N–H and O–H groups in total. The van der Waals surface area contributed by atoms with Crippen LogP contribution in [0.3, 0.4) is 0 Å². The van der Waals surface area contributed by atoms with Crippen LogP contribution in [0, 0.1) is 0 Å². The van der Waals surface area contributed by atoms with E-state index in [4.69, 9.17) is 15.2 Å². The van der Waals surface area contributed by atoms with Crippen LogP contribution in [0.2, 0.25) is 0 Å². The molecule has 0 aromatic heterocycles. The molecule has 24 heavy (non-hydrogen) atoms. The number of methoxy groups -OCH3 is 2. The van der Waals surface area contributed by atoms with Gasteiger partial charge in [0.1, 0.15) is 11.5 Å². The highest BCUT2D eigenvalue weighted by molar-refractivity contribution is 6.01. The Morgan fingerprint density at radius 2 is 1.88 bits per heavy atom. The molecular formula is C18H23N3O3. The molecule has 0 bridgehead atoms. The summed E-state index contributed by atoms with van der Waals surface area (Å²) in [5.41, 5.74) is 8.19. The molecular weight excluding hydrogens is 306 g/mol. The standard InChI is InChI=1S/C18H23N3O3/c1-4-9-20-18(22)14-10-12(19)5-7-15(14)21-16-11-13(23-2)6-8-17(16)24-3/h5-8,10-11,21H,4,9,19H2,1-3H3,(H,20,22). The highest BCUT2D eigenvalue weighted by Gasteiger charge is 2.14. The Bertz CT molecular complexity index is 717. The second-order valence-corrected chi connectivity index (χ2v) is 5.25. The zero-order valence-corrected chi connectivity index (χ0v) is 14.2. The predicted molar refractivity (Wildman–Crippen MR) is 96.3 cm³/mol. The van der Waals surface area contributed by atoms with Gasteiger partial charge in [-0.3, -0.25) is 4.79 Å². The van der Waals surface area contributed by atoms with E-state index in [1.165, 1.54) is 0 Å². The van der Waals surface area contributed by atoms with E-state index >= 15 is 0 Å². The lowest BCUT2D eigenvalue weighted by Crippen LogP contribution is -2.25. The van der Waals surface area contributed by atoms with Crippen LogP contribution >= 0.6 is 0 Å². The van der Waals surface area contributed by atoms with Gasteiger partial charge in [0.2, 0.25) is 0 Å². The van der Waals surface area contributed by atoms with Crippen LogP contribution in [-0.2, 0) is 0 Å². The average Bonchev–Trinajstić information content (AvgIpc) is 2.60. The normalized spacial score (nSPS) is 10.1. The largest absolute Gasteiger partial charge is 0.497 e. The summed E-state index contributed by atoms with van der Waals surface area (Å²) >= 11 is 0. The Balaban J connectivity index is 2.37. The summed E-state index contributed by atoms with van der Waals surface area (Å²) in [6.45, 7) is 2.61. The minimum atomic E-state index is -0.173. The van der Waals surface area contributed by atoms with E-state index in [0.717, 1.165) is 6.42 Å². The topological polar surface area (TPSA) is 85.6 Å². The predicted octanol–water partition coefficient (Wildman–Crippen LogP) is 3.17. The van der Waals surface area contributed by atoms with E-state index in [-0.39, 0.29) is 5.91 Å². The molecule has 0 radical (unpaired) electrons. The number of nitrogen functional groups attached to an aromatic ring is 1. The van der Waals surface area contributed by atoms with Crippen molar-refractivity contribution in [3.63, 3.8) is 0 Å². The van der Waals surface area contributed by atoms with Gasteiger partial charge in [-0.2, -0.15) is 0 Å². The van der Waals surface area contributed by atoms with E-state index < -0.39 is 0 Å². The SMILES string of the molecule is CCCNC(=O)c1cc(N)ccc1Nc1cc(OC)ccc1OC. The van der Waals surface area contributed by atoms with Crippen LogP contribution in [-0.4, -0.2) is 26.7 Å². The summed E-state index contributed by atoms with van der Waals surface area (Å²) in [7, 11) is 3.18. The lowest BCUT2D eigenvalue weighted by molar-refractivity contribution is 0.0954. The Morgan fingerprint density at radius 3 is 2.54 bits per heavy atom. The first-order valence-corrected chi connectivity index (χ1v) is 7.75. The van der Waals surface area contributed by atoms with Gasteiger partial charge in [0.05, 0.1) is 31.2 Å². The molecule has 6 heteroatoms. The van der Waals surface area contributed by atoms with Gasteiger partial charge in [-0.05, 0) is 36.8 Å². The van der Waals surface area contributed by atoms with Crippen molar-refractivity contribution in [2.45, 2.75) is 13.3 Å². The molecule has 0 atom stereocenters. The summed E-state index contributed by atoms with van der Waals surface area (Å²) in [5, 5.41) is 6.09. The maximum absolute atomic E-state index is 12.4. The number of nitrogens with one attached hydrogen (secondary N) is 2. The molecule has 128 valence electrons. The Hall–Kier alpha value is -2.89. The third-order valence-corrected chi connectivity index (χ3v) is 3.50. The van der Waals surface area contributed by atoms with E-state index in [2.05, 4.69) is 10.6 Å². The number of carbonyl (C=O) groups is 1. The van der Waals surface area contributed by atoms with Crippen LogP contribution in [0.25, 0.3) is 0 Å². The second-order valence-electron chi connectivity index (χ2n) is 5.25.